The van der Waals surface area contributed by atoms with Gasteiger partial charge in [0.1, 0.15) is 5.82 Å². The van der Waals surface area contributed by atoms with E-state index in [1.807, 2.05) is 0 Å². The van der Waals surface area contributed by atoms with Crippen molar-refractivity contribution in [2.75, 3.05) is 18.5 Å². The molecule has 0 N–H and O–H groups in total. The molecule has 3 aromatic rings. The van der Waals surface area contributed by atoms with E-state index in [1.54, 1.807) is 0 Å². The average molecular weight is 415 g/mol. The van der Waals surface area contributed by atoms with E-state index < -0.39 is 0 Å². The van der Waals surface area contributed by atoms with Gasteiger partial charge in [-0.2, -0.15) is 0 Å². The second kappa shape index (κ2) is 10.5. The van der Waals surface area contributed by atoms with E-state index in [-0.39, 0.29) is 0 Å². The van der Waals surface area contributed by atoms with Crippen molar-refractivity contribution in [2.24, 2.45) is 0 Å². The molecule has 26 heavy (non-hydrogen) atoms. The van der Waals surface area contributed by atoms with Crippen LogP contribution in [0.1, 0.15) is 37.1 Å². The summed E-state index contributed by atoms with van der Waals surface area (Å²) in [7, 11) is 0. The summed E-state index contributed by atoms with van der Waals surface area (Å²) in [5.74, 6) is 1.15. The lowest BCUT2D eigenvalue weighted by Crippen LogP contribution is -2.07. The van der Waals surface area contributed by atoms with Crippen molar-refractivity contribution in [3.8, 4) is 0 Å². The van der Waals surface area contributed by atoms with Gasteiger partial charge in [0.05, 0.1) is 11.0 Å². The topological polar surface area (TPSA) is 27.1 Å². The maximum absolute atomic E-state index is 5.78. The lowest BCUT2D eigenvalue weighted by Gasteiger charge is -2.10. The quantitative estimate of drug-likeness (QED) is 0.301. The van der Waals surface area contributed by atoms with Crippen molar-refractivity contribution in [1.82, 2.24) is 9.55 Å². The van der Waals surface area contributed by atoms with Gasteiger partial charge in [-0.25, -0.2) is 4.98 Å². The lowest BCUT2D eigenvalue weighted by atomic mass is 10.2. The van der Waals surface area contributed by atoms with Gasteiger partial charge in [-0.1, -0.05) is 64.8 Å². The molecule has 0 aliphatic carbocycles. The van der Waals surface area contributed by atoms with Gasteiger partial charge in [0.25, 0.3) is 0 Å². The first-order valence-electron chi connectivity index (χ1n) is 9.50. The molecule has 0 bridgehead atoms. The largest absolute Gasteiger partial charge is 0.381 e. The van der Waals surface area contributed by atoms with Crippen molar-refractivity contribution in [1.29, 1.82) is 0 Å². The third kappa shape index (κ3) is 5.42. The zero-order valence-corrected chi connectivity index (χ0v) is 16.8. The van der Waals surface area contributed by atoms with Gasteiger partial charge in [0.15, 0.2) is 0 Å². The molecule has 0 fully saturated rings. The molecule has 2 aromatic carbocycles. The Morgan fingerprint density at radius 2 is 1.62 bits per heavy atom. The summed E-state index contributed by atoms with van der Waals surface area (Å²) in [6, 6.07) is 19.0. The fourth-order valence-electron chi connectivity index (χ4n) is 3.17. The number of halogens is 1. The molecule has 0 saturated carbocycles. The summed E-state index contributed by atoms with van der Waals surface area (Å²) in [4.78, 5) is 4.87. The molecule has 0 spiro atoms. The molecule has 138 valence electrons. The van der Waals surface area contributed by atoms with E-state index in [9.17, 15) is 0 Å². The SMILES string of the molecule is BrCCCCCOCCCc1nc2ccccc2n1Cc1ccccc1. The number of nitrogens with zero attached hydrogens (tertiary/aromatic N) is 2. The normalized spacial score (nSPS) is 11.3. The fraction of sp³-hybridized carbons (Fsp3) is 0.409. The van der Waals surface area contributed by atoms with Crippen LogP contribution in [0.5, 0.6) is 0 Å². The number of alkyl halides is 1. The van der Waals surface area contributed by atoms with Gasteiger partial charge in [-0.15, -0.1) is 0 Å². The number of unbranched alkanes of at least 4 members (excludes halogenated alkanes) is 2. The molecule has 1 heterocycles. The Bertz CT molecular complexity index is 785. The predicted molar refractivity (Wildman–Crippen MR) is 112 cm³/mol. The average Bonchev–Trinajstić information content (AvgIpc) is 3.02. The number of aryl methyl sites for hydroxylation is 1. The monoisotopic (exact) mass is 414 g/mol. The number of para-hydroxylation sites is 2. The zero-order valence-electron chi connectivity index (χ0n) is 15.2. The molecular formula is C22H27BrN2O. The highest BCUT2D eigenvalue weighted by Crippen LogP contribution is 2.19. The van der Waals surface area contributed by atoms with E-state index in [0.29, 0.717) is 0 Å². The molecule has 0 aliphatic rings. The molecule has 3 rings (SSSR count). The summed E-state index contributed by atoms with van der Waals surface area (Å²) in [5, 5.41) is 1.09. The van der Waals surface area contributed by atoms with Crippen LogP contribution >= 0.6 is 15.9 Å². The molecule has 0 atom stereocenters. The number of benzene rings is 2. The fourth-order valence-corrected chi connectivity index (χ4v) is 3.56. The predicted octanol–water partition coefficient (Wildman–Crippen LogP) is 5.60. The second-order valence-electron chi connectivity index (χ2n) is 6.55. The van der Waals surface area contributed by atoms with E-state index in [0.717, 1.165) is 55.7 Å². The van der Waals surface area contributed by atoms with Gasteiger partial charge in [-0.3, -0.25) is 0 Å². The molecule has 0 radical (unpaired) electrons. The summed E-state index contributed by atoms with van der Waals surface area (Å²) in [6.45, 7) is 2.54. The first-order chi connectivity index (χ1) is 12.9. The van der Waals surface area contributed by atoms with E-state index in [1.165, 1.54) is 23.9 Å². The van der Waals surface area contributed by atoms with Crippen LogP contribution < -0.4 is 0 Å². The summed E-state index contributed by atoms with van der Waals surface area (Å²) in [6.07, 6.45) is 5.57. The van der Waals surface area contributed by atoms with Crippen molar-refractivity contribution in [2.45, 2.75) is 38.6 Å². The Morgan fingerprint density at radius 1 is 0.846 bits per heavy atom. The molecular weight excluding hydrogens is 388 g/mol. The Kier molecular flexibility index (Phi) is 7.71. The highest BCUT2D eigenvalue weighted by atomic mass is 79.9. The van der Waals surface area contributed by atoms with Gasteiger partial charge < -0.3 is 9.30 Å². The van der Waals surface area contributed by atoms with Gasteiger partial charge in [-0.05, 0) is 37.0 Å². The molecule has 3 nitrogen and oxygen atoms in total. The molecule has 0 saturated heterocycles. The van der Waals surface area contributed by atoms with Crippen LogP contribution in [0.3, 0.4) is 0 Å². The lowest BCUT2D eigenvalue weighted by molar-refractivity contribution is 0.127. The summed E-state index contributed by atoms with van der Waals surface area (Å²) >= 11 is 3.46. The number of fused-ring (bicyclic) bond motifs is 1. The molecule has 4 heteroatoms. The highest BCUT2D eigenvalue weighted by molar-refractivity contribution is 9.09. The molecule has 1 aromatic heterocycles. The minimum atomic E-state index is 0.808. The Hall–Kier alpha value is -1.65. The highest BCUT2D eigenvalue weighted by Gasteiger charge is 2.10. The number of rotatable bonds is 11. The van der Waals surface area contributed by atoms with Crippen LogP contribution in [0.4, 0.5) is 0 Å². The van der Waals surface area contributed by atoms with Crippen molar-refractivity contribution < 1.29 is 4.74 Å². The van der Waals surface area contributed by atoms with Gasteiger partial charge in [0, 0.05) is 31.5 Å². The van der Waals surface area contributed by atoms with E-state index in [2.05, 4.69) is 75.1 Å². The van der Waals surface area contributed by atoms with Gasteiger partial charge in [0.2, 0.25) is 0 Å². The standard InChI is InChI=1S/C22H27BrN2O/c23-15-7-2-8-16-26-17-9-14-22-24-20-12-5-6-13-21(20)25(22)18-19-10-3-1-4-11-19/h1,3-6,10-13H,2,7-9,14-18H2. The van der Waals surface area contributed by atoms with Crippen LogP contribution in [0.2, 0.25) is 0 Å². The van der Waals surface area contributed by atoms with Crippen LogP contribution in [-0.4, -0.2) is 28.1 Å². The number of ether oxygens (including phenoxy) is 1. The van der Waals surface area contributed by atoms with Crippen LogP contribution in [0.25, 0.3) is 11.0 Å². The van der Waals surface area contributed by atoms with Crippen molar-refractivity contribution in [3.05, 3.63) is 66.0 Å². The Labute approximate surface area is 164 Å². The second-order valence-corrected chi connectivity index (χ2v) is 7.35. The first kappa shape index (κ1) is 19.1. The third-order valence-electron chi connectivity index (χ3n) is 4.53. The first-order valence-corrected chi connectivity index (χ1v) is 10.6. The summed E-state index contributed by atoms with van der Waals surface area (Å²) < 4.78 is 8.13. The number of imidazole rings is 1. The zero-order chi connectivity index (χ0) is 18.0. The third-order valence-corrected chi connectivity index (χ3v) is 5.09. The summed E-state index contributed by atoms with van der Waals surface area (Å²) in [5.41, 5.74) is 3.59. The van der Waals surface area contributed by atoms with Crippen LogP contribution in [-0.2, 0) is 17.7 Å². The molecule has 0 amide bonds. The maximum Gasteiger partial charge on any atom is 0.110 e. The van der Waals surface area contributed by atoms with Gasteiger partial charge >= 0.3 is 0 Å². The maximum atomic E-state index is 5.78. The van der Waals surface area contributed by atoms with Crippen molar-refractivity contribution in [3.63, 3.8) is 0 Å². The van der Waals surface area contributed by atoms with E-state index in [4.69, 9.17) is 9.72 Å². The van der Waals surface area contributed by atoms with Crippen LogP contribution in [0.15, 0.2) is 54.6 Å². The molecule has 0 aliphatic heterocycles. The number of hydrogen-bond acceptors (Lipinski definition) is 2. The Balaban J connectivity index is 1.59. The number of aromatic nitrogens is 2. The molecule has 0 unspecified atom stereocenters. The number of hydrogen-bond donors (Lipinski definition) is 0. The van der Waals surface area contributed by atoms with Crippen LogP contribution in [0, 0.1) is 0 Å². The van der Waals surface area contributed by atoms with E-state index >= 15 is 0 Å². The smallest absolute Gasteiger partial charge is 0.110 e. The Morgan fingerprint density at radius 3 is 2.46 bits per heavy atom. The van der Waals surface area contributed by atoms with Crippen molar-refractivity contribution >= 4 is 27.0 Å². The minimum absolute atomic E-state index is 0.808. The minimum Gasteiger partial charge on any atom is -0.381 e.